The van der Waals surface area contributed by atoms with Gasteiger partial charge in [-0.25, -0.2) is 4.98 Å². The quantitative estimate of drug-likeness (QED) is 0.319. The van der Waals surface area contributed by atoms with Crippen LogP contribution >= 0.6 is 11.3 Å². The summed E-state index contributed by atoms with van der Waals surface area (Å²) in [7, 11) is 0. The summed E-state index contributed by atoms with van der Waals surface area (Å²) in [6.45, 7) is 3.55. The maximum Gasteiger partial charge on any atom is 0.345 e. The first-order chi connectivity index (χ1) is 12.8. The van der Waals surface area contributed by atoms with E-state index < -0.39 is 16.8 Å². The van der Waals surface area contributed by atoms with Crippen molar-refractivity contribution in [1.29, 1.82) is 0 Å². The predicted molar refractivity (Wildman–Crippen MR) is 97.1 cm³/mol. The van der Waals surface area contributed by atoms with Gasteiger partial charge in [-0.1, -0.05) is 6.92 Å². The molecule has 0 unspecified atom stereocenters. The summed E-state index contributed by atoms with van der Waals surface area (Å²) in [6, 6.07) is 4.03. The van der Waals surface area contributed by atoms with Crippen LogP contribution in [0.5, 0.6) is 5.75 Å². The van der Waals surface area contributed by atoms with Gasteiger partial charge in [0.15, 0.2) is 5.13 Å². The summed E-state index contributed by atoms with van der Waals surface area (Å²) >= 11 is 0.687. The molecule has 0 spiro atoms. The first-order valence-electron chi connectivity index (χ1n) is 7.84. The monoisotopic (exact) mass is 392 g/mol. The number of nitrogens with zero attached hydrogens (tertiary/aromatic N) is 2. The van der Waals surface area contributed by atoms with Crippen LogP contribution in [0.1, 0.15) is 41.0 Å². The molecule has 0 saturated heterocycles. The predicted octanol–water partition coefficient (Wildman–Crippen LogP) is 2.37. The lowest BCUT2D eigenvalue weighted by Crippen LogP contribution is -2.24. The zero-order chi connectivity index (χ0) is 20.0. The molecule has 1 aromatic carbocycles. The number of nitro groups is 1. The third kappa shape index (κ3) is 5.31. The Morgan fingerprint density at radius 1 is 1.30 bits per heavy atom. The summed E-state index contributed by atoms with van der Waals surface area (Å²) in [4.78, 5) is 49.6. The normalized spacial score (nSPS) is 10.1. The average molecular weight is 392 g/mol. The van der Waals surface area contributed by atoms with E-state index >= 15 is 0 Å². The lowest BCUT2D eigenvalue weighted by molar-refractivity contribution is -0.380. The van der Waals surface area contributed by atoms with Crippen LogP contribution in [-0.2, 0) is 4.79 Å². The van der Waals surface area contributed by atoms with Crippen LogP contribution in [0.4, 0.5) is 10.1 Å². The molecule has 10 nitrogen and oxygen atoms in total. The first-order valence-corrected chi connectivity index (χ1v) is 8.65. The summed E-state index contributed by atoms with van der Waals surface area (Å²) in [5.74, 6) is -1.82. The molecule has 0 bridgehead atoms. The molecule has 2 N–H and O–H groups in total. The Hall–Kier alpha value is -3.34. The van der Waals surface area contributed by atoms with Gasteiger partial charge < -0.3 is 10.1 Å². The fourth-order valence-electron chi connectivity index (χ4n) is 2.00. The number of hydrogen-bond acceptors (Lipinski definition) is 8. The topological polar surface area (TPSA) is 141 Å². The van der Waals surface area contributed by atoms with E-state index in [2.05, 4.69) is 15.6 Å². The van der Waals surface area contributed by atoms with Crippen molar-refractivity contribution in [2.24, 2.45) is 0 Å². The Labute approximate surface area is 157 Å². The molecule has 2 amide bonds. The number of nitrogens with one attached hydrogen (secondary N) is 2. The van der Waals surface area contributed by atoms with Gasteiger partial charge in [0, 0.05) is 19.0 Å². The van der Waals surface area contributed by atoms with Crippen molar-refractivity contribution in [3.63, 3.8) is 0 Å². The molecular formula is C16H16N4O6S. The molecule has 0 fully saturated rings. The number of thiazole rings is 1. The van der Waals surface area contributed by atoms with Gasteiger partial charge in [0.2, 0.25) is 0 Å². The second-order valence-corrected chi connectivity index (χ2v) is 6.28. The fourth-order valence-corrected chi connectivity index (χ4v) is 2.63. The summed E-state index contributed by atoms with van der Waals surface area (Å²) in [5, 5.41) is 15.6. The van der Waals surface area contributed by atoms with E-state index in [9.17, 15) is 24.5 Å². The van der Waals surface area contributed by atoms with Gasteiger partial charge >= 0.3 is 11.0 Å². The largest absolute Gasteiger partial charge is 0.426 e. The Bertz CT molecular complexity index is 895. The number of rotatable bonds is 7. The molecule has 1 aromatic heterocycles. The molecule has 11 heteroatoms. The molecule has 0 radical (unpaired) electrons. The van der Waals surface area contributed by atoms with E-state index in [1.165, 1.54) is 18.2 Å². The van der Waals surface area contributed by atoms with E-state index in [1.807, 2.05) is 6.92 Å². The minimum Gasteiger partial charge on any atom is -0.426 e. The van der Waals surface area contributed by atoms with Crippen LogP contribution in [0.3, 0.4) is 0 Å². The second-order valence-electron chi connectivity index (χ2n) is 5.28. The Kier molecular flexibility index (Phi) is 6.55. The van der Waals surface area contributed by atoms with E-state index in [4.69, 9.17) is 4.74 Å². The van der Waals surface area contributed by atoms with Crippen LogP contribution in [0.2, 0.25) is 0 Å². The SMILES string of the molecule is CCCNC(=O)c1ccc(C(=O)Nc2ncc([N+](=O)[O-])s2)c(OC(C)=O)c1. The molecule has 0 atom stereocenters. The molecule has 0 saturated carbocycles. The van der Waals surface area contributed by atoms with Crippen molar-refractivity contribution in [2.45, 2.75) is 20.3 Å². The number of aromatic nitrogens is 1. The van der Waals surface area contributed by atoms with Crippen LogP contribution in [0, 0.1) is 10.1 Å². The van der Waals surface area contributed by atoms with Gasteiger partial charge in [-0.05, 0) is 36.0 Å². The molecule has 0 aliphatic rings. The molecule has 0 aliphatic heterocycles. The summed E-state index contributed by atoms with van der Waals surface area (Å²) in [5.41, 5.74) is 0.205. The zero-order valence-corrected chi connectivity index (χ0v) is 15.3. The number of benzene rings is 1. The van der Waals surface area contributed by atoms with E-state index in [-0.39, 0.29) is 32.9 Å². The Morgan fingerprint density at radius 3 is 2.63 bits per heavy atom. The van der Waals surface area contributed by atoms with Gasteiger partial charge in [-0.2, -0.15) is 0 Å². The molecule has 1 heterocycles. The maximum absolute atomic E-state index is 12.4. The smallest absolute Gasteiger partial charge is 0.345 e. The number of carbonyl (C=O) groups excluding carboxylic acids is 3. The number of carbonyl (C=O) groups is 3. The number of ether oxygens (including phenoxy) is 1. The highest BCUT2D eigenvalue weighted by molar-refractivity contribution is 7.18. The van der Waals surface area contributed by atoms with E-state index in [0.717, 1.165) is 19.5 Å². The van der Waals surface area contributed by atoms with E-state index in [0.29, 0.717) is 17.9 Å². The van der Waals surface area contributed by atoms with Crippen LogP contribution in [-0.4, -0.2) is 34.2 Å². The number of hydrogen-bond donors (Lipinski definition) is 2. The first kappa shape index (κ1) is 20.0. The van der Waals surface area contributed by atoms with Crippen molar-refractivity contribution in [3.8, 4) is 5.75 Å². The maximum atomic E-state index is 12.4. The van der Waals surface area contributed by atoms with Crippen molar-refractivity contribution in [1.82, 2.24) is 10.3 Å². The molecular weight excluding hydrogens is 376 g/mol. The number of anilines is 1. The molecule has 0 aliphatic carbocycles. The zero-order valence-electron chi connectivity index (χ0n) is 14.5. The highest BCUT2D eigenvalue weighted by Gasteiger charge is 2.20. The van der Waals surface area contributed by atoms with E-state index in [1.54, 1.807) is 0 Å². The number of esters is 1. The third-order valence-electron chi connectivity index (χ3n) is 3.17. The van der Waals surface area contributed by atoms with Crippen molar-refractivity contribution in [3.05, 3.63) is 45.6 Å². The highest BCUT2D eigenvalue weighted by Crippen LogP contribution is 2.27. The lowest BCUT2D eigenvalue weighted by Gasteiger charge is -2.11. The standard InChI is InChI=1S/C16H16N4O6S/c1-3-6-17-14(22)10-4-5-11(12(7-10)26-9(2)21)15(23)19-16-18-8-13(27-16)20(24)25/h4-5,7-8H,3,6H2,1-2H3,(H,17,22)(H,18,19,23). The number of amides is 2. The van der Waals surface area contributed by atoms with Gasteiger partial charge in [0.1, 0.15) is 11.9 Å². The minimum atomic E-state index is -0.684. The average Bonchev–Trinajstić information content (AvgIpc) is 3.07. The second kappa shape index (κ2) is 8.85. The Balaban J connectivity index is 2.27. The van der Waals surface area contributed by atoms with Crippen molar-refractivity contribution >= 4 is 39.3 Å². The van der Waals surface area contributed by atoms with Crippen LogP contribution < -0.4 is 15.4 Å². The summed E-state index contributed by atoms with van der Waals surface area (Å²) < 4.78 is 5.04. The van der Waals surface area contributed by atoms with Gasteiger partial charge in [0.05, 0.1) is 10.5 Å². The van der Waals surface area contributed by atoms with Gasteiger partial charge in [-0.3, -0.25) is 29.8 Å². The van der Waals surface area contributed by atoms with Crippen molar-refractivity contribution < 1.29 is 24.0 Å². The lowest BCUT2D eigenvalue weighted by atomic mass is 10.1. The minimum absolute atomic E-state index is 0.0184. The van der Waals surface area contributed by atoms with Crippen molar-refractivity contribution in [2.75, 3.05) is 11.9 Å². The molecule has 142 valence electrons. The van der Waals surface area contributed by atoms with Gasteiger partial charge in [0.25, 0.3) is 11.8 Å². The highest BCUT2D eigenvalue weighted by atomic mass is 32.1. The fraction of sp³-hybridized carbons (Fsp3) is 0.250. The third-order valence-corrected chi connectivity index (χ3v) is 4.04. The molecule has 27 heavy (non-hydrogen) atoms. The van der Waals surface area contributed by atoms with Crippen LogP contribution in [0.25, 0.3) is 0 Å². The van der Waals surface area contributed by atoms with Gasteiger partial charge in [-0.15, -0.1) is 0 Å². The molecule has 2 aromatic rings. The molecule has 2 rings (SSSR count). The Morgan fingerprint density at radius 2 is 2.04 bits per heavy atom. The summed E-state index contributed by atoms with van der Waals surface area (Å²) in [6.07, 6.45) is 1.78. The van der Waals surface area contributed by atoms with Crippen LogP contribution in [0.15, 0.2) is 24.4 Å².